The van der Waals surface area contributed by atoms with Crippen LogP contribution in [0.2, 0.25) is 0 Å². The average molecular weight is 344 g/mol. The Balaban J connectivity index is 1.58. The molecule has 1 aromatic carbocycles. The van der Waals surface area contributed by atoms with Gasteiger partial charge in [0.05, 0.1) is 5.75 Å². The second-order valence-electron chi connectivity index (χ2n) is 6.53. The maximum Gasteiger partial charge on any atom is 0.233 e. The predicted octanol–water partition coefficient (Wildman–Crippen LogP) is 3.40. The summed E-state index contributed by atoms with van der Waals surface area (Å²) in [6, 6.07) is 10.3. The number of benzene rings is 1. The molecule has 0 unspecified atom stereocenters. The Morgan fingerprint density at radius 2 is 1.96 bits per heavy atom. The van der Waals surface area contributed by atoms with Crippen LogP contribution >= 0.6 is 11.8 Å². The zero-order valence-corrected chi connectivity index (χ0v) is 15.1. The first-order chi connectivity index (χ1) is 11.6. The van der Waals surface area contributed by atoms with Crippen LogP contribution in [0.3, 0.4) is 0 Å². The highest BCUT2D eigenvalue weighted by atomic mass is 32.2. The number of amides is 1. The number of para-hydroxylation sites is 1. The summed E-state index contributed by atoms with van der Waals surface area (Å²) in [4.78, 5) is 14.4. The van der Waals surface area contributed by atoms with Crippen LogP contribution in [-0.2, 0) is 4.79 Å². The summed E-state index contributed by atoms with van der Waals surface area (Å²) in [5, 5.41) is 8.89. The normalized spacial score (nSPS) is 20.8. The van der Waals surface area contributed by atoms with Gasteiger partial charge in [0.1, 0.15) is 6.33 Å². The van der Waals surface area contributed by atoms with E-state index in [9.17, 15) is 4.79 Å². The van der Waals surface area contributed by atoms with Gasteiger partial charge in [0.25, 0.3) is 0 Å². The van der Waals surface area contributed by atoms with Gasteiger partial charge in [-0.3, -0.25) is 9.36 Å². The SMILES string of the molecule is CC1CCC(N(C)C(=O)CSc2nncn2-c2ccccc2)CC1. The average Bonchev–Trinajstić information content (AvgIpc) is 3.09. The third-order valence-corrected chi connectivity index (χ3v) is 5.73. The lowest BCUT2D eigenvalue weighted by molar-refractivity contribution is -0.129. The third kappa shape index (κ3) is 3.98. The highest BCUT2D eigenvalue weighted by Gasteiger charge is 2.25. The molecule has 0 N–H and O–H groups in total. The summed E-state index contributed by atoms with van der Waals surface area (Å²) in [7, 11) is 1.94. The number of aromatic nitrogens is 3. The van der Waals surface area contributed by atoms with Gasteiger partial charge in [0.15, 0.2) is 5.16 Å². The lowest BCUT2D eigenvalue weighted by atomic mass is 9.87. The molecule has 1 heterocycles. The van der Waals surface area contributed by atoms with Gasteiger partial charge in [-0.25, -0.2) is 0 Å². The Morgan fingerprint density at radius 1 is 1.25 bits per heavy atom. The van der Waals surface area contributed by atoms with E-state index in [1.165, 1.54) is 24.6 Å². The number of rotatable bonds is 5. The van der Waals surface area contributed by atoms with Crippen LogP contribution in [0.4, 0.5) is 0 Å². The van der Waals surface area contributed by atoms with Crippen molar-refractivity contribution in [2.45, 2.75) is 43.8 Å². The Kier molecular flexibility index (Phi) is 5.56. The highest BCUT2D eigenvalue weighted by Crippen LogP contribution is 2.27. The van der Waals surface area contributed by atoms with Crippen LogP contribution in [0, 0.1) is 5.92 Å². The predicted molar refractivity (Wildman–Crippen MR) is 96.3 cm³/mol. The summed E-state index contributed by atoms with van der Waals surface area (Å²) in [6.45, 7) is 2.30. The van der Waals surface area contributed by atoms with Crippen molar-refractivity contribution in [2.75, 3.05) is 12.8 Å². The van der Waals surface area contributed by atoms with E-state index in [1.807, 2.05) is 46.8 Å². The van der Waals surface area contributed by atoms with Crippen molar-refractivity contribution < 1.29 is 4.79 Å². The minimum atomic E-state index is 0.169. The lowest BCUT2D eigenvalue weighted by Gasteiger charge is -2.33. The second-order valence-corrected chi connectivity index (χ2v) is 7.47. The molecule has 1 aromatic heterocycles. The minimum absolute atomic E-state index is 0.169. The van der Waals surface area contributed by atoms with Gasteiger partial charge in [0.2, 0.25) is 5.91 Å². The molecule has 0 spiro atoms. The summed E-state index contributed by atoms with van der Waals surface area (Å²) in [5.74, 6) is 1.36. The largest absolute Gasteiger partial charge is 0.342 e. The fourth-order valence-electron chi connectivity index (χ4n) is 3.15. The van der Waals surface area contributed by atoms with Gasteiger partial charge in [-0.05, 0) is 43.7 Å². The topological polar surface area (TPSA) is 51.0 Å². The smallest absolute Gasteiger partial charge is 0.233 e. The summed E-state index contributed by atoms with van der Waals surface area (Å²) in [5.41, 5.74) is 1.01. The number of carbonyl (C=O) groups is 1. The molecule has 24 heavy (non-hydrogen) atoms. The fourth-order valence-corrected chi connectivity index (χ4v) is 4.00. The minimum Gasteiger partial charge on any atom is -0.342 e. The summed E-state index contributed by atoms with van der Waals surface area (Å²) < 4.78 is 1.92. The molecule has 1 aliphatic rings. The number of hydrogen-bond donors (Lipinski definition) is 0. The Bertz CT molecular complexity index is 665. The Morgan fingerprint density at radius 3 is 2.67 bits per heavy atom. The molecule has 1 amide bonds. The van der Waals surface area contributed by atoms with Crippen molar-refractivity contribution in [3.05, 3.63) is 36.7 Å². The first kappa shape index (κ1) is 17.0. The van der Waals surface area contributed by atoms with Crippen LogP contribution in [0.1, 0.15) is 32.6 Å². The molecule has 0 aliphatic heterocycles. The molecule has 0 bridgehead atoms. The summed E-state index contributed by atoms with van der Waals surface area (Å²) >= 11 is 1.45. The number of carbonyl (C=O) groups excluding carboxylic acids is 1. The first-order valence-electron chi connectivity index (χ1n) is 8.49. The molecule has 5 nitrogen and oxygen atoms in total. The maximum absolute atomic E-state index is 12.5. The third-order valence-electron chi connectivity index (χ3n) is 4.80. The molecule has 1 fully saturated rings. The maximum atomic E-state index is 12.5. The van der Waals surface area contributed by atoms with E-state index in [0.29, 0.717) is 11.8 Å². The van der Waals surface area contributed by atoms with Gasteiger partial charge in [-0.2, -0.15) is 0 Å². The van der Waals surface area contributed by atoms with E-state index in [2.05, 4.69) is 17.1 Å². The van der Waals surface area contributed by atoms with Crippen molar-refractivity contribution in [2.24, 2.45) is 5.92 Å². The van der Waals surface area contributed by atoms with E-state index < -0.39 is 0 Å². The number of nitrogens with zero attached hydrogens (tertiary/aromatic N) is 4. The number of thioether (sulfide) groups is 1. The molecule has 0 atom stereocenters. The molecule has 2 aromatic rings. The molecule has 128 valence electrons. The Hall–Kier alpha value is -1.82. The zero-order chi connectivity index (χ0) is 16.9. The van der Waals surface area contributed by atoms with E-state index in [-0.39, 0.29) is 5.91 Å². The molecule has 0 saturated heterocycles. The van der Waals surface area contributed by atoms with Gasteiger partial charge in [-0.1, -0.05) is 36.9 Å². The van der Waals surface area contributed by atoms with Crippen LogP contribution in [0.5, 0.6) is 0 Å². The van der Waals surface area contributed by atoms with Gasteiger partial charge in [0, 0.05) is 18.8 Å². The standard InChI is InChI=1S/C18H24N4OS/c1-14-8-10-15(11-9-14)21(2)17(23)12-24-18-20-19-13-22(18)16-6-4-3-5-7-16/h3-7,13-15H,8-12H2,1-2H3. The molecular weight excluding hydrogens is 320 g/mol. The lowest BCUT2D eigenvalue weighted by Crippen LogP contribution is -2.40. The fraction of sp³-hybridized carbons (Fsp3) is 0.500. The molecule has 3 rings (SSSR count). The van der Waals surface area contributed by atoms with E-state index in [4.69, 9.17) is 0 Å². The zero-order valence-electron chi connectivity index (χ0n) is 14.3. The van der Waals surface area contributed by atoms with Gasteiger partial charge < -0.3 is 4.90 Å². The monoisotopic (exact) mass is 344 g/mol. The molecule has 6 heteroatoms. The van der Waals surface area contributed by atoms with E-state index in [1.54, 1.807) is 6.33 Å². The highest BCUT2D eigenvalue weighted by molar-refractivity contribution is 7.99. The van der Waals surface area contributed by atoms with Crippen LogP contribution < -0.4 is 0 Å². The quantitative estimate of drug-likeness (QED) is 0.780. The van der Waals surface area contributed by atoms with Crippen LogP contribution in [0.15, 0.2) is 41.8 Å². The van der Waals surface area contributed by atoms with Crippen LogP contribution in [-0.4, -0.2) is 44.4 Å². The first-order valence-corrected chi connectivity index (χ1v) is 9.47. The molecule has 1 saturated carbocycles. The van der Waals surface area contributed by atoms with Crippen molar-refractivity contribution in [3.63, 3.8) is 0 Å². The van der Waals surface area contributed by atoms with Crippen molar-refractivity contribution in [1.82, 2.24) is 19.7 Å². The Labute approximate surface area is 147 Å². The van der Waals surface area contributed by atoms with Gasteiger partial charge >= 0.3 is 0 Å². The molecule has 1 aliphatic carbocycles. The second kappa shape index (κ2) is 7.83. The summed E-state index contributed by atoms with van der Waals surface area (Å²) in [6.07, 6.45) is 6.37. The van der Waals surface area contributed by atoms with E-state index >= 15 is 0 Å². The van der Waals surface area contributed by atoms with E-state index in [0.717, 1.165) is 29.6 Å². The number of hydrogen-bond acceptors (Lipinski definition) is 4. The van der Waals surface area contributed by atoms with Crippen molar-refractivity contribution >= 4 is 17.7 Å². The van der Waals surface area contributed by atoms with Gasteiger partial charge in [-0.15, -0.1) is 10.2 Å². The van der Waals surface area contributed by atoms with Crippen molar-refractivity contribution in [3.8, 4) is 5.69 Å². The van der Waals surface area contributed by atoms with Crippen molar-refractivity contribution in [1.29, 1.82) is 0 Å². The molecule has 0 radical (unpaired) electrons. The van der Waals surface area contributed by atoms with Crippen LogP contribution in [0.25, 0.3) is 5.69 Å². The molecular formula is C18H24N4OS.